The number of nitrogens with one attached hydrogen (secondary N) is 1. The molecule has 2 aromatic rings. The van der Waals surface area contributed by atoms with Crippen LogP contribution in [0.2, 0.25) is 0 Å². The molecular weight excluding hydrogens is 306 g/mol. The lowest BCUT2D eigenvalue weighted by molar-refractivity contribution is -0.120. The first kappa shape index (κ1) is 15.9. The Bertz CT molecular complexity index is 741. The number of amides is 1. The van der Waals surface area contributed by atoms with Crippen LogP contribution in [0.5, 0.6) is 5.75 Å². The van der Waals surface area contributed by atoms with Crippen LogP contribution in [-0.4, -0.2) is 36.1 Å². The minimum absolute atomic E-state index is 0.153. The lowest BCUT2D eigenvalue weighted by Gasteiger charge is -2.15. The third-order valence-electron chi connectivity index (χ3n) is 3.13. The number of carbonyl (C=O) groups is 2. The van der Waals surface area contributed by atoms with Gasteiger partial charge in [0.25, 0.3) is 5.91 Å². The molecule has 0 aliphatic rings. The number of benzene rings is 1. The third kappa shape index (κ3) is 2.92. The van der Waals surface area contributed by atoms with Crippen LogP contribution in [0, 0.1) is 0 Å². The summed E-state index contributed by atoms with van der Waals surface area (Å²) in [5.74, 6) is 0.109. The first-order chi connectivity index (χ1) is 10.5. The van der Waals surface area contributed by atoms with E-state index in [0.717, 1.165) is 5.39 Å². The van der Waals surface area contributed by atoms with Gasteiger partial charge in [0.1, 0.15) is 11.4 Å². The quantitative estimate of drug-likeness (QED) is 0.629. The van der Waals surface area contributed by atoms with Crippen molar-refractivity contribution in [3.63, 3.8) is 0 Å². The molecule has 1 aromatic heterocycles. The van der Waals surface area contributed by atoms with E-state index in [9.17, 15) is 9.59 Å². The number of aldehydes is 1. The van der Waals surface area contributed by atoms with Gasteiger partial charge < -0.3 is 19.8 Å². The average Bonchev–Trinajstić information content (AvgIpc) is 2.86. The Kier molecular flexibility index (Phi) is 4.74. The summed E-state index contributed by atoms with van der Waals surface area (Å²) in [6.07, 6.45) is -0.348. The number of hydrogen-bond acceptors (Lipinski definition) is 5. The maximum Gasteiger partial charge on any atom is 0.274 e. The minimum atomic E-state index is -0.946. The maximum atomic E-state index is 12.2. The molecule has 7 nitrogen and oxygen atoms in total. The second-order valence-electron chi connectivity index (χ2n) is 4.41. The van der Waals surface area contributed by atoms with Crippen molar-refractivity contribution in [2.75, 3.05) is 14.2 Å². The van der Waals surface area contributed by atoms with Crippen LogP contribution in [0.3, 0.4) is 0 Å². The van der Waals surface area contributed by atoms with E-state index in [4.69, 9.17) is 15.2 Å². The monoisotopic (exact) mass is 321 g/mol. The van der Waals surface area contributed by atoms with E-state index >= 15 is 0 Å². The Morgan fingerprint density at radius 2 is 2.14 bits per heavy atom. The number of aromatic nitrogens is 1. The summed E-state index contributed by atoms with van der Waals surface area (Å²) in [5.41, 5.74) is 6.18. The van der Waals surface area contributed by atoms with Gasteiger partial charge in [0.2, 0.25) is 0 Å². The maximum absolute atomic E-state index is 12.2. The Morgan fingerprint density at radius 3 is 2.68 bits per heavy atom. The highest BCUT2D eigenvalue weighted by Gasteiger charge is 2.22. The third-order valence-corrected chi connectivity index (χ3v) is 3.23. The van der Waals surface area contributed by atoms with Gasteiger partial charge in [0, 0.05) is 12.5 Å². The van der Waals surface area contributed by atoms with E-state index in [2.05, 4.69) is 17.5 Å². The molecule has 1 amide bonds. The van der Waals surface area contributed by atoms with Crippen molar-refractivity contribution >= 4 is 40.4 Å². The molecule has 22 heavy (non-hydrogen) atoms. The second kappa shape index (κ2) is 6.54. The number of hydrogen-bond donors (Lipinski definition) is 2. The standard InChI is InChI=1S/C14H15N3O4S/c1-20-9-3-4-10-8(5-9)6-11(13(19)16-14(15)22)17(10)12(7-18)21-2/h3-7,12H,1-2H3,(H3,15,16,19,22). The van der Waals surface area contributed by atoms with Crippen molar-refractivity contribution in [2.45, 2.75) is 6.23 Å². The van der Waals surface area contributed by atoms with Gasteiger partial charge in [-0.05, 0) is 36.5 Å². The highest BCUT2D eigenvalue weighted by atomic mass is 32.1. The first-order valence-corrected chi connectivity index (χ1v) is 6.70. The fraction of sp³-hybridized carbons (Fsp3) is 0.214. The van der Waals surface area contributed by atoms with E-state index in [-0.39, 0.29) is 10.8 Å². The number of thiocarbonyl (C=S) groups is 1. The second-order valence-corrected chi connectivity index (χ2v) is 4.84. The highest BCUT2D eigenvalue weighted by molar-refractivity contribution is 7.80. The molecule has 1 aromatic carbocycles. The fourth-order valence-corrected chi connectivity index (χ4v) is 2.28. The number of ether oxygens (including phenoxy) is 2. The molecule has 8 heteroatoms. The Hall–Kier alpha value is -2.45. The van der Waals surface area contributed by atoms with Gasteiger partial charge in [-0.25, -0.2) is 0 Å². The molecule has 0 aliphatic carbocycles. The van der Waals surface area contributed by atoms with Gasteiger partial charge >= 0.3 is 0 Å². The average molecular weight is 321 g/mol. The topological polar surface area (TPSA) is 95.6 Å². The van der Waals surface area contributed by atoms with Crippen molar-refractivity contribution in [2.24, 2.45) is 5.73 Å². The first-order valence-electron chi connectivity index (χ1n) is 6.29. The van der Waals surface area contributed by atoms with Crippen LogP contribution in [0.25, 0.3) is 10.9 Å². The van der Waals surface area contributed by atoms with Crippen LogP contribution in [-0.2, 0) is 9.53 Å². The van der Waals surface area contributed by atoms with E-state index in [0.29, 0.717) is 17.6 Å². The Morgan fingerprint density at radius 1 is 1.41 bits per heavy atom. The summed E-state index contributed by atoms with van der Waals surface area (Å²) in [4.78, 5) is 23.5. The lowest BCUT2D eigenvalue weighted by Crippen LogP contribution is -2.36. The molecule has 1 atom stereocenters. The summed E-state index contributed by atoms with van der Waals surface area (Å²) < 4.78 is 11.7. The van der Waals surface area contributed by atoms with Crippen LogP contribution < -0.4 is 15.8 Å². The Labute approximate surface area is 132 Å². The summed E-state index contributed by atoms with van der Waals surface area (Å²) in [6, 6.07) is 6.83. The molecule has 1 heterocycles. The van der Waals surface area contributed by atoms with Crippen molar-refractivity contribution in [1.82, 2.24) is 9.88 Å². The zero-order chi connectivity index (χ0) is 16.3. The van der Waals surface area contributed by atoms with E-state index in [1.807, 2.05) is 0 Å². The smallest absolute Gasteiger partial charge is 0.274 e. The molecule has 116 valence electrons. The van der Waals surface area contributed by atoms with Crippen molar-refractivity contribution in [3.05, 3.63) is 30.0 Å². The van der Waals surface area contributed by atoms with Crippen LogP contribution in [0.4, 0.5) is 0 Å². The zero-order valence-corrected chi connectivity index (χ0v) is 12.8. The number of rotatable bonds is 5. The number of nitrogens with two attached hydrogens (primary N) is 1. The lowest BCUT2D eigenvalue weighted by atomic mass is 10.2. The van der Waals surface area contributed by atoms with Crippen LogP contribution in [0.15, 0.2) is 24.3 Å². The van der Waals surface area contributed by atoms with Gasteiger partial charge in [-0.1, -0.05) is 0 Å². The largest absolute Gasteiger partial charge is 0.497 e. The molecule has 0 saturated heterocycles. The molecule has 0 fully saturated rings. The van der Waals surface area contributed by atoms with Gasteiger partial charge in [0.15, 0.2) is 17.6 Å². The predicted octanol–water partition coefficient (Wildman–Crippen LogP) is 0.967. The molecule has 0 saturated carbocycles. The molecule has 3 N–H and O–H groups in total. The van der Waals surface area contributed by atoms with Crippen molar-refractivity contribution < 1.29 is 19.1 Å². The number of fused-ring (bicyclic) bond motifs is 1. The van der Waals surface area contributed by atoms with E-state index < -0.39 is 12.1 Å². The molecule has 0 bridgehead atoms. The Balaban J connectivity index is 2.66. The van der Waals surface area contributed by atoms with E-state index in [1.54, 1.807) is 31.4 Å². The molecule has 1 unspecified atom stereocenters. The molecule has 0 aliphatic heterocycles. The summed E-state index contributed by atoms with van der Waals surface area (Å²) in [7, 11) is 2.92. The normalized spacial score (nSPS) is 11.9. The van der Waals surface area contributed by atoms with Gasteiger partial charge in [-0.3, -0.25) is 14.9 Å². The number of methoxy groups -OCH3 is 2. The van der Waals surface area contributed by atoms with Gasteiger partial charge in [0.05, 0.1) is 12.6 Å². The van der Waals surface area contributed by atoms with Gasteiger partial charge in [-0.2, -0.15) is 0 Å². The highest BCUT2D eigenvalue weighted by Crippen LogP contribution is 2.27. The molecule has 0 radical (unpaired) electrons. The summed E-state index contributed by atoms with van der Waals surface area (Å²) in [6.45, 7) is 0. The van der Waals surface area contributed by atoms with Crippen molar-refractivity contribution in [3.8, 4) is 5.75 Å². The zero-order valence-electron chi connectivity index (χ0n) is 12.0. The van der Waals surface area contributed by atoms with Crippen LogP contribution >= 0.6 is 12.2 Å². The SMILES string of the molecule is COc1ccc2c(c1)cc(C(=O)NC(N)=S)n2C(C=O)OC. The fourth-order valence-electron chi connectivity index (χ4n) is 2.19. The van der Waals surface area contributed by atoms with Gasteiger partial charge in [-0.15, -0.1) is 0 Å². The van der Waals surface area contributed by atoms with Crippen molar-refractivity contribution in [1.29, 1.82) is 0 Å². The van der Waals surface area contributed by atoms with E-state index in [1.165, 1.54) is 11.7 Å². The minimum Gasteiger partial charge on any atom is -0.497 e. The number of carbonyl (C=O) groups excluding carboxylic acids is 2. The molecule has 0 spiro atoms. The number of nitrogens with zero attached hydrogens (tertiary/aromatic N) is 1. The molecular formula is C14H15N3O4S. The summed E-state index contributed by atoms with van der Waals surface area (Å²) in [5, 5.41) is 2.90. The summed E-state index contributed by atoms with van der Waals surface area (Å²) >= 11 is 4.67. The molecule has 2 rings (SSSR count). The van der Waals surface area contributed by atoms with Crippen LogP contribution in [0.1, 0.15) is 16.7 Å². The predicted molar refractivity (Wildman–Crippen MR) is 84.9 cm³/mol.